The molecule has 0 atom stereocenters. The molecule has 1 aromatic carbocycles. The third-order valence-corrected chi connectivity index (χ3v) is 4.21. The van der Waals surface area contributed by atoms with Crippen LogP contribution in [0.25, 0.3) is 0 Å². The molecule has 0 saturated carbocycles. The third-order valence-electron chi connectivity index (χ3n) is 2.37. The summed E-state index contributed by atoms with van der Waals surface area (Å²) in [6.07, 6.45) is 1.53. The molecule has 94 valence electrons. The maximum Gasteiger partial charge on any atom is 0.133 e. The zero-order chi connectivity index (χ0) is 13.1. The molecule has 2 rings (SSSR count). The standard InChI is InChI=1S/C12H11Cl2N3S/c1-7-11(15-2)16-6-17-12(7)18-10-5-8(13)3-4-9(10)14/h3-6H,1-2H3,(H,15,16,17). The van der Waals surface area contributed by atoms with Crippen molar-refractivity contribution in [1.29, 1.82) is 0 Å². The average molecular weight is 300 g/mol. The lowest BCUT2D eigenvalue weighted by molar-refractivity contribution is 1.00. The summed E-state index contributed by atoms with van der Waals surface area (Å²) in [5, 5.41) is 5.20. The van der Waals surface area contributed by atoms with Crippen molar-refractivity contribution < 1.29 is 0 Å². The molecule has 0 spiro atoms. The molecular weight excluding hydrogens is 289 g/mol. The lowest BCUT2D eigenvalue weighted by Crippen LogP contribution is -1.98. The Balaban J connectivity index is 2.37. The van der Waals surface area contributed by atoms with E-state index in [0.717, 1.165) is 21.3 Å². The summed E-state index contributed by atoms with van der Waals surface area (Å²) in [7, 11) is 1.83. The van der Waals surface area contributed by atoms with E-state index in [1.807, 2.05) is 20.0 Å². The quantitative estimate of drug-likeness (QED) is 0.858. The van der Waals surface area contributed by atoms with Crippen molar-refractivity contribution in [2.45, 2.75) is 16.8 Å². The van der Waals surface area contributed by atoms with Gasteiger partial charge in [-0.2, -0.15) is 0 Å². The van der Waals surface area contributed by atoms with E-state index in [1.54, 1.807) is 12.1 Å². The van der Waals surface area contributed by atoms with Crippen LogP contribution in [-0.2, 0) is 0 Å². The Hall–Kier alpha value is -0.970. The van der Waals surface area contributed by atoms with Crippen molar-refractivity contribution in [1.82, 2.24) is 9.97 Å². The minimum absolute atomic E-state index is 0.655. The molecule has 6 heteroatoms. The number of rotatable bonds is 3. The van der Waals surface area contributed by atoms with Gasteiger partial charge >= 0.3 is 0 Å². The van der Waals surface area contributed by atoms with Crippen LogP contribution < -0.4 is 5.32 Å². The highest BCUT2D eigenvalue weighted by molar-refractivity contribution is 7.99. The van der Waals surface area contributed by atoms with Gasteiger partial charge in [-0.15, -0.1) is 0 Å². The number of aromatic nitrogens is 2. The van der Waals surface area contributed by atoms with Gasteiger partial charge in [-0.25, -0.2) is 9.97 Å². The van der Waals surface area contributed by atoms with Crippen LogP contribution in [0.2, 0.25) is 10.0 Å². The first-order valence-electron chi connectivity index (χ1n) is 5.24. The average Bonchev–Trinajstić information content (AvgIpc) is 2.36. The van der Waals surface area contributed by atoms with Gasteiger partial charge in [0.25, 0.3) is 0 Å². The van der Waals surface area contributed by atoms with E-state index < -0.39 is 0 Å². The van der Waals surface area contributed by atoms with E-state index >= 15 is 0 Å². The Morgan fingerprint density at radius 3 is 2.72 bits per heavy atom. The maximum atomic E-state index is 6.13. The van der Waals surface area contributed by atoms with Crippen molar-refractivity contribution in [3.63, 3.8) is 0 Å². The normalized spacial score (nSPS) is 10.4. The Bertz CT molecular complexity index is 575. The molecule has 0 bridgehead atoms. The molecule has 1 heterocycles. The summed E-state index contributed by atoms with van der Waals surface area (Å²) in [5.74, 6) is 0.811. The minimum Gasteiger partial charge on any atom is -0.373 e. The van der Waals surface area contributed by atoms with Gasteiger partial charge in [-0.05, 0) is 25.1 Å². The van der Waals surface area contributed by atoms with Gasteiger partial charge in [0.2, 0.25) is 0 Å². The lowest BCUT2D eigenvalue weighted by Gasteiger charge is -2.09. The third kappa shape index (κ3) is 2.88. The fourth-order valence-electron chi connectivity index (χ4n) is 1.45. The molecule has 0 saturated heterocycles. The number of halogens is 2. The molecule has 0 aliphatic heterocycles. The number of benzene rings is 1. The SMILES string of the molecule is CNc1ncnc(Sc2cc(Cl)ccc2Cl)c1C. The van der Waals surface area contributed by atoms with E-state index in [4.69, 9.17) is 23.2 Å². The van der Waals surface area contributed by atoms with Crippen LogP contribution in [0.5, 0.6) is 0 Å². The first kappa shape index (κ1) is 13.5. The highest BCUT2D eigenvalue weighted by Crippen LogP contribution is 2.36. The highest BCUT2D eigenvalue weighted by atomic mass is 35.5. The van der Waals surface area contributed by atoms with Gasteiger partial charge in [0, 0.05) is 22.5 Å². The summed E-state index contributed by atoms with van der Waals surface area (Å²) >= 11 is 13.6. The van der Waals surface area contributed by atoms with Gasteiger partial charge in [-0.1, -0.05) is 35.0 Å². The summed E-state index contributed by atoms with van der Waals surface area (Å²) < 4.78 is 0. The second kappa shape index (κ2) is 5.78. The molecule has 0 aliphatic carbocycles. The second-order valence-corrected chi connectivity index (χ2v) is 5.45. The smallest absolute Gasteiger partial charge is 0.133 e. The molecule has 0 fully saturated rings. The largest absolute Gasteiger partial charge is 0.373 e. The topological polar surface area (TPSA) is 37.8 Å². The van der Waals surface area contributed by atoms with Crippen molar-refractivity contribution in [2.24, 2.45) is 0 Å². The van der Waals surface area contributed by atoms with Crippen LogP contribution in [0.3, 0.4) is 0 Å². The molecule has 0 radical (unpaired) electrons. The molecule has 0 unspecified atom stereocenters. The van der Waals surface area contributed by atoms with E-state index in [0.29, 0.717) is 10.0 Å². The maximum absolute atomic E-state index is 6.13. The zero-order valence-corrected chi connectivity index (χ0v) is 12.2. The van der Waals surface area contributed by atoms with Crippen LogP contribution in [0.4, 0.5) is 5.82 Å². The molecule has 1 N–H and O–H groups in total. The number of nitrogens with zero attached hydrogens (tertiary/aromatic N) is 2. The van der Waals surface area contributed by atoms with Crippen LogP contribution >= 0.6 is 35.0 Å². The predicted octanol–water partition coefficient (Wildman–Crippen LogP) is 4.28. The molecule has 3 nitrogen and oxygen atoms in total. The van der Waals surface area contributed by atoms with E-state index in [2.05, 4.69) is 15.3 Å². The van der Waals surface area contributed by atoms with Crippen molar-refractivity contribution in [2.75, 3.05) is 12.4 Å². The molecule has 0 aliphatic rings. The van der Waals surface area contributed by atoms with Crippen molar-refractivity contribution in [3.05, 3.63) is 40.1 Å². The summed E-state index contributed by atoms with van der Waals surface area (Å²) in [4.78, 5) is 9.29. The Morgan fingerprint density at radius 1 is 1.22 bits per heavy atom. The predicted molar refractivity (Wildman–Crippen MR) is 76.9 cm³/mol. The molecule has 0 amide bonds. The van der Waals surface area contributed by atoms with Gasteiger partial charge in [0.15, 0.2) is 0 Å². The minimum atomic E-state index is 0.655. The summed E-state index contributed by atoms with van der Waals surface area (Å²) in [5.41, 5.74) is 0.987. The highest BCUT2D eigenvalue weighted by Gasteiger charge is 2.10. The second-order valence-electron chi connectivity index (χ2n) is 3.58. The fraction of sp³-hybridized carbons (Fsp3) is 0.167. The van der Waals surface area contributed by atoms with Gasteiger partial charge < -0.3 is 5.32 Å². The van der Waals surface area contributed by atoms with Crippen LogP contribution in [0.15, 0.2) is 34.4 Å². The fourth-order valence-corrected chi connectivity index (χ4v) is 2.83. The van der Waals surface area contributed by atoms with Gasteiger partial charge in [0.1, 0.15) is 17.2 Å². The van der Waals surface area contributed by atoms with E-state index in [1.165, 1.54) is 18.1 Å². The molecule has 18 heavy (non-hydrogen) atoms. The van der Waals surface area contributed by atoms with Crippen LogP contribution in [-0.4, -0.2) is 17.0 Å². The van der Waals surface area contributed by atoms with E-state index in [9.17, 15) is 0 Å². The Kier molecular flexibility index (Phi) is 4.32. The molecule has 2 aromatic rings. The first-order chi connectivity index (χ1) is 8.61. The van der Waals surface area contributed by atoms with Gasteiger partial charge in [-0.3, -0.25) is 0 Å². The molecular formula is C12H11Cl2N3S. The van der Waals surface area contributed by atoms with Crippen molar-refractivity contribution in [3.8, 4) is 0 Å². The van der Waals surface area contributed by atoms with E-state index in [-0.39, 0.29) is 0 Å². The lowest BCUT2D eigenvalue weighted by atomic mass is 10.3. The first-order valence-corrected chi connectivity index (χ1v) is 6.81. The summed E-state index contributed by atoms with van der Waals surface area (Å²) in [6, 6.07) is 5.37. The Morgan fingerprint density at radius 2 is 2.00 bits per heavy atom. The number of nitrogens with one attached hydrogen (secondary N) is 1. The number of hydrogen-bond acceptors (Lipinski definition) is 4. The number of hydrogen-bond donors (Lipinski definition) is 1. The van der Waals surface area contributed by atoms with Gasteiger partial charge in [0.05, 0.1) is 5.02 Å². The van der Waals surface area contributed by atoms with Crippen LogP contribution in [0, 0.1) is 6.92 Å². The zero-order valence-electron chi connectivity index (χ0n) is 9.87. The van der Waals surface area contributed by atoms with Crippen LogP contribution in [0.1, 0.15) is 5.56 Å². The Labute approximate surface area is 120 Å². The molecule has 1 aromatic heterocycles. The summed E-state index contributed by atoms with van der Waals surface area (Å²) in [6.45, 7) is 1.96. The van der Waals surface area contributed by atoms with Crippen molar-refractivity contribution >= 4 is 40.8 Å². The monoisotopic (exact) mass is 299 g/mol. The number of anilines is 1.